The molecule has 0 saturated carbocycles. The smallest absolute Gasteiger partial charge is 0.311 e. The molecule has 1 amide bonds. The van der Waals surface area contributed by atoms with Crippen molar-refractivity contribution in [2.24, 2.45) is 0 Å². The number of benzene rings is 2. The van der Waals surface area contributed by atoms with Gasteiger partial charge in [0.25, 0.3) is 5.91 Å². The SMILES string of the molecule is CCOc1ccc(C(=O)NC(=S)Nc2nc(-c3ccc(OC)c(Br)c3)cs2)cc1[N+](=O)[O-]. The van der Waals surface area contributed by atoms with E-state index in [0.717, 1.165) is 21.8 Å². The lowest BCUT2D eigenvalue weighted by molar-refractivity contribution is -0.385. The summed E-state index contributed by atoms with van der Waals surface area (Å²) in [6, 6.07) is 9.54. The van der Waals surface area contributed by atoms with Crippen LogP contribution in [0.25, 0.3) is 11.3 Å². The first-order chi connectivity index (χ1) is 15.3. The highest BCUT2D eigenvalue weighted by Crippen LogP contribution is 2.32. The lowest BCUT2D eigenvalue weighted by Crippen LogP contribution is -2.34. The Hall–Kier alpha value is -3.09. The zero-order valence-electron chi connectivity index (χ0n) is 16.9. The number of nitrogens with zero attached hydrogens (tertiary/aromatic N) is 2. The van der Waals surface area contributed by atoms with Crippen LogP contribution in [-0.4, -0.2) is 34.6 Å². The van der Waals surface area contributed by atoms with Crippen LogP contribution < -0.4 is 20.1 Å². The maximum Gasteiger partial charge on any atom is 0.311 e. The molecule has 2 aromatic carbocycles. The van der Waals surface area contributed by atoms with Gasteiger partial charge in [-0.25, -0.2) is 4.98 Å². The van der Waals surface area contributed by atoms with E-state index in [4.69, 9.17) is 21.7 Å². The average Bonchev–Trinajstić information content (AvgIpc) is 3.22. The number of anilines is 1. The van der Waals surface area contributed by atoms with Gasteiger partial charge in [-0.2, -0.15) is 0 Å². The molecule has 0 unspecified atom stereocenters. The van der Waals surface area contributed by atoms with Gasteiger partial charge in [-0.15, -0.1) is 11.3 Å². The summed E-state index contributed by atoms with van der Waals surface area (Å²) in [5.41, 5.74) is 1.37. The Morgan fingerprint density at radius 2 is 2.03 bits per heavy atom. The summed E-state index contributed by atoms with van der Waals surface area (Å²) in [7, 11) is 1.59. The standard InChI is InChI=1S/C20H17BrN4O5S2/c1-3-30-17-7-5-12(9-15(17)25(27)28)18(26)23-19(31)24-20-22-14(10-32-20)11-4-6-16(29-2)13(21)8-11/h4-10H,3H2,1-2H3,(H2,22,23,24,26,31). The number of methoxy groups -OCH3 is 1. The minimum Gasteiger partial charge on any atom is -0.496 e. The van der Waals surface area contributed by atoms with Crippen LogP contribution in [0.5, 0.6) is 11.5 Å². The highest BCUT2D eigenvalue weighted by molar-refractivity contribution is 9.10. The van der Waals surface area contributed by atoms with Crippen LogP contribution >= 0.6 is 39.5 Å². The quantitative estimate of drug-likeness (QED) is 0.246. The van der Waals surface area contributed by atoms with E-state index < -0.39 is 10.8 Å². The van der Waals surface area contributed by atoms with Crippen molar-refractivity contribution in [1.82, 2.24) is 10.3 Å². The molecule has 0 aliphatic carbocycles. The Balaban J connectivity index is 1.67. The summed E-state index contributed by atoms with van der Waals surface area (Å²) in [6.07, 6.45) is 0. The number of amides is 1. The number of hydrogen-bond acceptors (Lipinski definition) is 8. The normalized spacial score (nSPS) is 10.3. The number of nitrogens with one attached hydrogen (secondary N) is 2. The van der Waals surface area contributed by atoms with E-state index in [-0.39, 0.29) is 28.7 Å². The third-order valence-electron chi connectivity index (χ3n) is 4.12. The second kappa shape index (κ2) is 10.5. The van der Waals surface area contributed by atoms with Crippen molar-refractivity contribution in [2.45, 2.75) is 6.92 Å². The van der Waals surface area contributed by atoms with Crippen LogP contribution in [-0.2, 0) is 0 Å². The molecule has 0 fully saturated rings. The molecular weight excluding hydrogens is 520 g/mol. The number of ether oxygens (including phenoxy) is 2. The third kappa shape index (κ3) is 5.58. The molecule has 32 heavy (non-hydrogen) atoms. The number of hydrogen-bond donors (Lipinski definition) is 2. The molecule has 0 radical (unpaired) electrons. The minimum atomic E-state index is -0.604. The van der Waals surface area contributed by atoms with Crippen molar-refractivity contribution in [3.8, 4) is 22.8 Å². The van der Waals surface area contributed by atoms with Gasteiger partial charge in [0.15, 0.2) is 16.0 Å². The first kappa shape index (κ1) is 23.6. The van der Waals surface area contributed by atoms with Gasteiger partial charge >= 0.3 is 5.69 Å². The molecule has 0 atom stereocenters. The molecule has 0 aliphatic rings. The number of aromatic nitrogens is 1. The van der Waals surface area contributed by atoms with Crippen LogP contribution in [0.15, 0.2) is 46.3 Å². The molecule has 0 saturated heterocycles. The summed E-state index contributed by atoms with van der Waals surface area (Å²) in [6.45, 7) is 1.98. The highest BCUT2D eigenvalue weighted by Gasteiger charge is 2.19. The van der Waals surface area contributed by atoms with Crippen molar-refractivity contribution in [1.29, 1.82) is 0 Å². The van der Waals surface area contributed by atoms with Crippen LogP contribution in [0, 0.1) is 10.1 Å². The molecule has 2 N–H and O–H groups in total. The van der Waals surface area contributed by atoms with Gasteiger partial charge in [0, 0.05) is 22.6 Å². The van der Waals surface area contributed by atoms with E-state index in [9.17, 15) is 14.9 Å². The Bertz CT molecular complexity index is 1180. The topological polar surface area (TPSA) is 116 Å². The molecule has 3 rings (SSSR count). The number of nitro benzene ring substituents is 1. The summed E-state index contributed by atoms with van der Waals surface area (Å²) >= 11 is 9.94. The number of thiocarbonyl (C=S) groups is 1. The predicted molar refractivity (Wildman–Crippen MR) is 130 cm³/mol. The molecule has 1 heterocycles. The highest BCUT2D eigenvalue weighted by atomic mass is 79.9. The minimum absolute atomic E-state index is 0.0170. The number of carbonyl (C=O) groups is 1. The molecule has 0 spiro atoms. The molecule has 12 heteroatoms. The molecule has 166 valence electrons. The van der Waals surface area contributed by atoms with E-state index in [2.05, 4.69) is 31.5 Å². The largest absolute Gasteiger partial charge is 0.496 e. The maximum atomic E-state index is 12.5. The van der Waals surface area contributed by atoms with Crippen molar-refractivity contribution in [3.05, 3.63) is 61.9 Å². The zero-order valence-corrected chi connectivity index (χ0v) is 20.1. The summed E-state index contributed by atoms with van der Waals surface area (Å²) in [5, 5.41) is 18.9. The number of thiazole rings is 1. The third-order valence-corrected chi connectivity index (χ3v) is 5.70. The molecule has 3 aromatic rings. The Kier molecular flexibility index (Phi) is 7.72. The lowest BCUT2D eigenvalue weighted by Gasteiger charge is -2.09. The van der Waals surface area contributed by atoms with E-state index >= 15 is 0 Å². The van der Waals surface area contributed by atoms with Crippen LogP contribution in [0.3, 0.4) is 0 Å². The van der Waals surface area contributed by atoms with Gasteiger partial charge in [-0.3, -0.25) is 20.2 Å². The monoisotopic (exact) mass is 536 g/mol. The van der Waals surface area contributed by atoms with Gasteiger partial charge < -0.3 is 14.8 Å². The van der Waals surface area contributed by atoms with E-state index in [1.165, 1.54) is 23.5 Å². The van der Waals surface area contributed by atoms with Gasteiger partial charge in [0.1, 0.15) is 5.75 Å². The predicted octanol–water partition coefficient (Wildman–Crippen LogP) is 5.01. The number of halogens is 1. The summed E-state index contributed by atoms with van der Waals surface area (Å²) in [4.78, 5) is 27.6. The Morgan fingerprint density at radius 1 is 1.28 bits per heavy atom. The Labute approximate surface area is 201 Å². The van der Waals surface area contributed by atoms with Crippen molar-refractivity contribution >= 4 is 61.3 Å². The van der Waals surface area contributed by atoms with Crippen molar-refractivity contribution in [2.75, 3.05) is 19.0 Å². The van der Waals surface area contributed by atoms with E-state index in [0.29, 0.717) is 10.9 Å². The molecule has 0 aliphatic heterocycles. The van der Waals surface area contributed by atoms with Crippen LogP contribution in [0.2, 0.25) is 0 Å². The first-order valence-corrected chi connectivity index (χ1v) is 11.2. The average molecular weight is 537 g/mol. The number of rotatable bonds is 7. The molecular formula is C20H17BrN4O5S2. The van der Waals surface area contributed by atoms with Crippen LogP contribution in [0.4, 0.5) is 10.8 Å². The molecule has 0 bridgehead atoms. The van der Waals surface area contributed by atoms with E-state index in [1.807, 2.05) is 23.6 Å². The summed E-state index contributed by atoms with van der Waals surface area (Å²) < 4.78 is 11.2. The van der Waals surface area contributed by atoms with Crippen molar-refractivity contribution < 1.29 is 19.2 Å². The lowest BCUT2D eigenvalue weighted by atomic mass is 10.1. The summed E-state index contributed by atoms with van der Waals surface area (Å²) in [5.74, 6) is 0.209. The number of nitro groups is 1. The first-order valence-electron chi connectivity index (χ1n) is 9.15. The van der Waals surface area contributed by atoms with Gasteiger partial charge in [0.2, 0.25) is 0 Å². The van der Waals surface area contributed by atoms with Crippen molar-refractivity contribution in [3.63, 3.8) is 0 Å². The van der Waals surface area contributed by atoms with Gasteiger partial charge in [0.05, 0.1) is 28.8 Å². The van der Waals surface area contributed by atoms with Crippen LogP contribution in [0.1, 0.15) is 17.3 Å². The maximum absolute atomic E-state index is 12.5. The second-order valence-corrected chi connectivity index (χ2v) is 8.29. The fourth-order valence-corrected chi connectivity index (χ4v) is 4.19. The van der Waals surface area contributed by atoms with E-state index in [1.54, 1.807) is 14.0 Å². The molecule has 9 nitrogen and oxygen atoms in total. The number of carbonyl (C=O) groups excluding carboxylic acids is 1. The molecule has 1 aromatic heterocycles. The van der Waals surface area contributed by atoms with Gasteiger partial charge in [-0.1, -0.05) is 0 Å². The van der Waals surface area contributed by atoms with Gasteiger partial charge in [-0.05, 0) is 65.4 Å². The zero-order chi connectivity index (χ0) is 23.3. The second-order valence-electron chi connectivity index (χ2n) is 6.17. The fourth-order valence-electron chi connectivity index (χ4n) is 2.67. The fraction of sp³-hybridized carbons (Fsp3) is 0.150. The Morgan fingerprint density at radius 3 is 2.69 bits per heavy atom.